The summed E-state index contributed by atoms with van der Waals surface area (Å²) in [5.41, 5.74) is -1.64. The fourth-order valence-electron chi connectivity index (χ4n) is 4.59. The first-order valence-corrected chi connectivity index (χ1v) is 12.9. The summed E-state index contributed by atoms with van der Waals surface area (Å²) in [7, 11) is 1.33. The molecule has 3 amide bonds. The highest BCUT2D eigenvalue weighted by Gasteiger charge is 2.51. The predicted octanol–water partition coefficient (Wildman–Crippen LogP) is 4.12. The third-order valence-corrected chi connectivity index (χ3v) is 7.03. The van der Waals surface area contributed by atoms with Gasteiger partial charge in [0, 0.05) is 7.11 Å². The van der Waals surface area contributed by atoms with Crippen molar-refractivity contribution >= 4 is 23.0 Å². The Morgan fingerprint density at radius 1 is 1.21 bits per heavy atom. The quantitative estimate of drug-likeness (QED) is 0.287. The third-order valence-electron chi connectivity index (χ3n) is 7.03. The van der Waals surface area contributed by atoms with Crippen LogP contribution in [0.2, 0.25) is 0 Å². The van der Waals surface area contributed by atoms with E-state index in [1.807, 2.05) is 5.32 Å². The summed E-state index contributed by atoms with van der Waals surface area (Å²) in [5, 5.41) is 11.5. The summed E-state index contributed by atoms with van der Waals surface area (Å²) in [5.74, 6) is -0.802. The molecule has 0 aliphatic carbocycles. The number of halogens is 6. The number of carbonyl (C=O) groups excluding carboxylic acids is 2. The van der Waals surface area contributed by atoms with Crippen molar-refractivity contribution in [3.05, 3.63) is 41.0 Å². The van der Waals surface area contributed by atoms with E-state index >= 15 is 0 Å². The molecule has 12 nitrogen and oxygen atoms in total. The maximum absolute atomic E-state index is 13.6. The van der Waals surface area contributed by atoms with Crippen molar-refractivity contribution in [1.82, 2.24) is 35.8 Å². The Bertz CT molecular complexity index is 1470. The number of alkyl halides is 6. The number of benzene rings is 1. The van der Waals surface area contributed by atoms with Gasteiger partial charge in [0.25, 0.3) is 5.91 Å². The normalized spacial score (nSPS) is 18.5. The molecule has 3 heterocycles. The summed E-state index contributed by atoms with van der Waals surface area (Å²) in [6.45, 7) is 3.67. The van der Waals surface area contributed by atoms with Crippen LogP contribution in [0.1, 0.15) is 60.4 Å². The Morgan fingerprint density at radius 2 is 1.91 bits per heavy atom. The summed E-state index contributed by atoms with van der Waals surface area (Å²) in [6, 6.07) is -0.589. The molecule has 0 spiro atoms. The number of methoxy groups -OCH3 is 1. The Kier molecular flexibility index (Phi) is 8.65. The number of nitrogens with one attached hydrogen (secondary N) is 3. The van der Waals surface area contributed by atoms with E-state index in [0.29, 0.717) is 11.1 Å². The van der Waals surface area contributed by atoms with Gasteiger partial charge in [0.15, 0.2) is 11.3 Å². The lowest BCUT2D eigenvalue weighted by Gasteiger charge is -2.34. The van der Waals surface area contributed by atoms with Crippen LogP contribution in [0.3, 0.4) is 0 Å². The van der Waals surface area contributed by atoms with Crippen LogP contribution >= 0.6 is 0 Å². The lowest BCUT2D eigenvalue weighted by molar-refractivity contribution is -0.277. The van der Waals surface area contributed by atoms with Crippen LogP contribution in [0.25, 0.3) is 11.0 Å². The summed E-state index contributed by atoms with van der Waals surface area (Å²) in [6.07, 6.45) is -10.7. The second-order valence-electron chi connectivity index (χ2n) is 10.5. The van der Waals surface area contributed by atoms with Crippen LogP contribution in [0.5, 0.6) is 0 Å². The molecule has 3 aromatic rings. The number of aromatic nitrogens is 4. The van der Waals surface area contributed by atoms with Crippen molar-refractivity contribution in [3.63, 3.8) is 0 Å². The second-order valence-corrected chi connectivity index (χ2v) is 10.5. The zero-order chi connectivity index (χ0) is 31.9. The molecule has 0 bridgehead atoms. The number of ether oxygens (including phenoxy) is 2. The van der Waals surface area contributed by atoms with Crippen LogP contribution in [0.15, 0.2) is 22.8 Å². The molecular weight excluding hydrogens is 592 g/mol. The van der Waals surface area contributed by atoms with E-state index in [4.69, 9.17) is 9.47 Å². The highest BCUT2D eigenvalue weighted by molar-refractivity contribution is 5.93. The van der Waals surface area contributed by atoms with Crippen molar-refractivity contribution in [3.8, 4) is 0 Å². The van der Waals surface area contributed by atoms with Crippen molar-refractivity contribution in [2.75, 3.05) is 20.3 Å². The highest BCUT2D eigenvalue weighted by Crippen LogP contribution is 2.36. The zero-order valence-electron chi connectivity index (χ0n) is 23.6. The fourth-order valence-corrected chi connectivity index (χ4v) is 4.59. The second kappa shape index (κ2) is 11.6. The van der Waals surface area contributed by atoms with Gasteiger partial charge >= 0.3 is 18.4 Å². The number of amides is 3. The highest BCUT2D eigenvalue weighted by atomic mass is 19.4. The molecule has 43 heavy (non-hydrogen) atoms. The monoisotopic (exact) mass is 621 g/mol. The number of aromatic amines is 1. The standard InChI is InChI=1S/C25H29F6N7O5/c1-11-18(37-43-36-11)21(39)35-19(12(2)42-23(3,4)25(29,30)31)20-32-14-7-6-13(8-15(14)33-20)16(10-41-5)38-9-17(24(26,27)28)34-22(38)40/h6-8,12,16-17,19H,9-10H2,1-5H3,(H,32,33)(H,34,40)(H,35,39)/t12-,16-,17+,19+/m1/s1. The van der Waals surface area contributed by atoms with Gasteiger partial charge in [-0.3, -0.25) is 4.79 Å². The van der Waals surface area contributed by atoms with E-state index < -0.39 is 60.7 Å². The molecule has 1 aromatic carbocycles. The van der Waals surface area contributed by atoms with Crippen molar-refractivity contribution in [1.29, 1.82) is 0 Å². The fraction of sp³-hybridized carbons (Fsp3) is 0.560. The lowest BCUT2D eigenvalue weighted by atomic mass is 10.1. The first-order valence-electron chi connectivity index (χ1n) is 12.9. The van der Waals surface area contributed by atoms with E-state index in [2.05, 4.69) is 30.2 Å². The minimum atomic E-state index is -4.74. The molecular formula is C25H29F6N7O5. The number of nitrogens with zero attached hydrogens (tertiary/aromatic N) is 4. The molecule has 18 heteroatoms. The van der Waals surface area contributed by atoms with Crippen LogP contribution in [0, 0.1) is 6.92 Å². The number of urea groups is 1. The molecule has 2 aromatic heterocycles. The number of aryl methyl sites for hydroxylation is 1. The molecule has 0 unspecified atom stereocenters. The van der Waals surface area contributed by atoms with Crippen LogP contribution in [0.4, 0.5) is 31.1 Å². The topological polar surface area (TPSA) is 147 Å². The van der Waals surface area contributed by atoms with Crippen LogP contribution < -0.4 is 10.6 Å². The number of imidazole rings is 1. The average Bonchev–Trinajstić information content (AvgIpc) is 3.62. The van der Waals surface area contributed by atoms with Crippen molar-refractivity contribution in [2.24, 2.45) is 0 Å². The molecule has 0 radical (unpaired) electrons. The maximum atomic E-state index is 13.6. The van der Waals surface area contributed by atoms with Gasteiger partial charge in [-0.25, -0.2) is 14.4 Å². The van der Waals surface area contributed by atoms with Crippen molar-refractivity contribution < 1.29 is 50.0 Å². The maximum Gasteiger partial charge on any atom is 0.416 e. The van der Waals surface area contributed by atoms with Gasteiger partial charge < -0.3 is 30.0 Å². The summed E-state index contributed by atoms with van der Waals surface area (Å²) >= 11 is 0. The zero-order valence-corrected chi connectivity index (χ0v) is 23.6. The minimum absolute atomic E-state index is 0.0134. The Balaban J connectivity index is 1.69. The smallest absolute Gasteiger partial charge is 0.382 e. The van der Waals surface area contributed by atoms with E-state index in [1.165, 1.54) is 33.1 Å². The first-order chi connectivity index (χ1) is 19.9. The van der Waals surface area contributed by atoms with Gasteiger partial charge in [0.1, 0.15) is 23.6 Å². The number of hydrogen-bond acceptors (Lipinski definition) is 8. The molecule has 4 rings (SSSR count). The van der Waals surface area contributed by atoms with Crippen molar-refractivity contribution in [2.45, 2.75) is 69.9 Å². The minimum Gasteiger partial charge on any atom is -0.382 e. The average molecular weight is 622 g/mol. The molecule has 236 valence electrons. The molecule has 1 fully saturated rings. The summed E-state index contributed by atoms with van der Waals surface area (Å²) < 4.78 is 95.8. The van der Waals surface area contributed by atoms with E-state index in [0.717, 1.165) is 18.7 Å². The molecule has 1 saturated heterocycles. The van der Waals surface area contributed by atoms with E-state index in [1.54, 1.807) is 6.07 Å². The van der Waals surface area contributed by atoms with Gasteiger partial charge in [-0.05, 0) is 50.5 Å². The van der Waals surface area contributed by atoms with Gasteiger partial charge in [-0.2, -0.15) is 26.3 Å². The molecule has 3 N–H and O–H groups in total. The Hall–Kier alpha value is -3.93. The largest absolute Gasteiger partial charge is 0.416 e. The number of carbonyl (C=O) groups is 2. The lowest BCUT2D eigenvalue weighted by Crippen LogP contribution is -2.47. The SMILES string of the molecule is COC[C@H](c1ccc2[nH]c([C@@H](NC(=O)c3nonc3C)[C@@H](C)OC(C)(C)C(F)(F)F)nc2c1)N1C[C@@H](C(F)(F)F)NC1=O. The van der Waals surface area contributed by atoms with Gasteiger partial charge in [-0.1, -0.05) is 11.2 Å². The predicted molar refractivity (Wildman–Crippen MR) is 136 cm³/mol. The Labute approximate surface area is 240 Å². The molecule has 1 aliphatic rings. The van der Waals surface area contributed by atoms with Crippen LogP contribution in [-0.4, -0.2) is 87.5 Å². The number of fused-ring (bicyclic) bond motifs is 1. The van der Waals surface area contributed by atoms with E-state index in [9.17, 15) is 35.9 Å². The van der Waals surface area contributed by atoms with E-state index in [-0.39, 0.29) is 29.3 Å². The number of hydrogen-bond donors (Lipinski definition) is 3. The van der Waals surface area contributed by atoms with Gasteiger partial charge in [0.2, 0.25) is 0 Å². The first kappa shape index (κ1) is 32.0. The van der Waals surface area contributed by atoms with Crippen LogP contribution in [-0.2, 0) is 9.47 Å². The molecule has 1 aliphatic heterocycles. The number of H-pyrrole nitrogens is 1. The third kappa shape index (κ3) is 6.69. The molecule has 0 saturated carbocycles. The molecule has 4 atom stereocenters. The van der Waals surface area contributed by atoms with Gasteiger partial charge in [0.05, 0.1) is 36.3 Å². The number of rotatable bonds is 10. The van der Waals surface area contributed by atoms with Gasteiger partial charge in [-0.15, -0.1) is 0 Å². The Morgan fingerprint density at radius 3 is 2.47 bits per heavy atom. The summed E-state index contributed by atoms with van der Waals surface area (Å²) in [4.78, 5) is 33.8.